The summed E-state index contributed by atoms with van der Waals surface area (Å²) in [6.07, 6.45) is 1.79. The van der Waals surface area contributed by atoms with E-state index in [9.17, 15) is 13.9 Å². The van der Waals surface area contributed by atoms with E-state index in [1.54, 1.807) is 28.8 Å². The Balaban J connectivity index is 1.58. The van der Waals surface area contributed by atoms with Crippen LogP contribution < -0.4 is 11.1 Å². The molecule has 0 radical (unpaired) electrons. The Kier molecular flexibility index (Phi) is 4.94. The van der Waals surface area contributed by atoms with Crippen LogP contribution in [0.15, 0.2) is 42.6 Å². The molecule has 10 heteroatoms. The third-order valence-corrected chi connectivity index (χ3v) is 6.35. The number of nitrogens with one attached hydrogen (secondary N) is 1. The number of pyridine rings is 2. The van der Waals surface area contributed by atoms with Gasteiger partial charge in [-0.2, -0.15) is 10.6 Å². The number of aromatic nitrogens is 3. The first kappa shape index (κ1) is 18.7. The second kappa shape index (κ2) is 7.40. The quantitative estimate of drug-likeness (QED) is 0.526. The number of imidazole rings is 1. The summed E-state index contributed by atoms with van der Waals surface area (Å²) in [7, 11) is -2.45. The van der Waals surface area contributed by atoms with Crippen molar-refractivity contribution < 1.29 is 13.9 Å². The van der Waals surface area contributed by atoms with Crippen LogP contribution in [0.3, 0.4) is 0 Å². The minimum absolute atomic E-state index is 0.260. The molecule has 9 nitrogen and oxygen atoms in total. The molecule has 1 fully saturated rings. The van der Waals surface area contributed by atoms with Crippen molar-refractivity contribution in [2.24, 2.45) is 0 Å². The summed E-state index contributed by atoms with van der Waals surface area (Å²) in [5, 5.41) is 2.73. The van der Waals surface area contributed by atoms with Crippen molar-refractivity contribution in [3.8, 4) is 0 Å². The van der Waals surface area contributed by atoms with Crippen LogP contribution in [0.2, 0.25) is 0 Å². The zero-order valence-corrected chi connectivity index (χ0v) is 16.0. The fraction of sp³-hybridized carbons (Fsp3) is 0.278. The van der Waals surface area contributed by atoms with E-state index in [4.69, 9.17) is 5.73 Å². The maximum absolute atomic E-state index is 12.8. The molecule has 148 valence electrons. The molecule has 0 saturated carbocycles. The molecule has 0 aliphatic carbocycles. The highest BCUT2D eigenvalue weighted by atomic mass is 32.3. The van der Waals surface area contributed by atoms with Gasteiger partial charge in [-0.25, -0.2) is 9.97 Å². The van der Waals surface area contributed by atoms with Gasteiger partial charge in [-0.05, 0) is 24.3 Å². The van der Waals surface area contributed by atoms with Crippen molar-refractivity contribution in [3.63, 3.8) is 0 Å². The Bertz CT molecular complexity index is 1010. The van der Waals surface area contributed by atoms with E-state index in [0.717, 1.165) is 11.2 Å². The molecule has 28 heavy (non-hydrogen) atoms. The van der Waals surface area contributed by atoms with Gasteiger partial charge in [-0.15, -0.1) is 0 Å². The number of fused-ring (bicyclic) bond motifs is 1. The summed E-state index contributed by atoms with van der Waals surface area (Å²) < 4.78 is 21.3. The largest absolute Gasteiger partial charge is 0.384 e. The molecular formula is C18H22N6O3S. The van der Waals surface area contributed by atoms with Crippen LogP contribution in [0.4, 0.5) is 11.6 Å². The van der Waals surface area contributed by atoms with Gasteiger partial charge in [0, 0.05) is 25.8 Å². The maximum atomic E-state index is 12.8. The van der Waals surface area contributed by atoms with Crippen LogP contribution in [0.25, 0.3) is 5.52 Å². The minimum Gasteiger partial charge on any atom is -0.384 e. The van der Waals surface area contributed by atoms with Gasteiger partial charge in [0.25, 0.3) is 5.91 Å². The van der Waals surface area contributed by atoms with Gasteiger partial charge < -0.3 is 11.1 Å². The van der Waals surface area contributed by atoms with Crippen molar-refractivity contribution >= 4 is 33.6 Å². The molecule has 1 saturated heterocycles. The van der Waals surface area contributed by atoms with Crippen LogP contribution in [0.1, 0.15) is 16.3 Å². The Morgan fingerprint density at radius 3 is 2.68 bits per heavy atom. The molecule has 1 aliphatic heterocycles. The Morgan fingerprint density at radius 1 is 1.14 bits per heavy atom. The lowest BCUT2D eigenvalue weighted by molar-refractivity contribution is 0.101. The Hall–Kier alpha value is -2.66. The number of hydrogen-bond donors (Lipinski definition) is 4. The molecule has 0 aromatic carbocycles. The van der Waals surface area contributed by atoms with Crippen molar-refractivity contribution in [1.29, 1.82) is 0 Å². The number of carbonyl (C=O) groups excluding carboxylic acids is 1. The fourth-order valence-electron chi connectivity index (χ4n) is 3.21. The SMILES string of the molecule is Nc1cccc(NC(=O)c2nc(CN3CCS(O)(O)CC3)c3ccccn23)n1. The number of anilines is 2. The number of amides is 1. The van der Waals surface area contributed by atoms with Crippen LogP contribution in [0.5, 0.6) is 0 Å². The summed E-state index contributed by atoms with van der Waals surface area (Å²) in [4.78, 5) is 23.6. The zero-order chi connectivity index (χ0) is 19.7. The van der Waals surface area contributed by atoms with Gasteiger partial charge in [0.1, 0.15) is 11.6 Å². The number of rotatable bonds is 4. The molecule has 3 aromatic heterocycles. The summed E-state index contributed by atoms with van der Waals surface area (Å²) >= 11 is 0. The lowest BCUT2D eigenvalue weighted by atomic mass is 10.3. The molecule has 0 spiro atoms. The zero-order valence-electron chi connectivity index (χ0n) is 15.2. The monoisotopic (exact) mass is 402 g/mol. The van der Waals surface area contributed by atoms with Gasteiger partial charge in [-0.1, -0.05) is 12.1 Å². The number of carbonyl (C=O) groups is 1. The lowest BCUT2D eigenvalue weighted by Gasteiger charge is -2.40. The van der Waals surface area contributed by atoms with Crippen LogP contribution in [0, 0.1) is 0 Å². The second-order valence-electron chi connectivity index (χ2n) is 6.73. The summed E-state index contributed by atoms with van der Waals surface area (Å²) in [6, 6.07) is 10.7. The number of hydrogen-bond acceptors (Lipinski definition) is 7. The van der Waals surface area contributed by atoms with Gasteiger partial charge in [0.15, 0.2) is 0 Å². The highest BCUT2D eigenvalue weighted by molar-refractivity contribution is 8.24. The molecule has 3 aromatic rings. The Labute approximate surface area is 163 Å². The molecule has 5 N–H and O–H groups in total. The first-order chi connectivity index (χ1) is 13.4. The Morgan fingerprint density at radius 2 is 1.93 bits per heavy atom. The summed E-state index contributed by atoms with van der Waals surface area (Å²) in [5.74, 6) is 1.30. The molecule has 1 aliphatic rings. The van der Waals surface area contributed by atoms with E-state index in [-0.39, 0.29) is 11.7 Å². The predicted molar refractivity (Wildman–Crippen MR) is 110 cm³/mol. The predicted octanol–water partition coefficient (Wildman–Crippen LogP) is 2.13. The normalized spacial score (nSPS) is 18.1. The third-order valence-electron chi connectivity index (χ3n) is 4.68. The first-order valence-electron chi connectivity index (χ1n) is 8.87. The minimum atomic E-state index is -2.45. The average molecular weight is 402 g/mol. The van der Waals surface area contributed by atoms with Gasteiger partial charge in [-0.3, -0.25) is 23.2 Å². The average Bonchev–Trinajstić information content (AvgIpc) is 3.02. The standard InChI is InChI=1S/C18H22N6O3S/c19-15-5-3-6-16(21-15)22-18(25)17-20-13(14-4-1-2-7-24(14)17)12-23-8-10-28(26,27)11-9-23/h1-7,26-27H,8-12H2,(H3,19,21,22,25). The topological polar surface area (TPSA) is 129 Å². The first-order valence-corrected chi connectivity index (χ1v) is 10.8. The molecule has 4 rings (SSSR count). The molecular weight excluding hydrogens is 380 g/mol. The van der Waals surface area contributed by atoms with Crippen LogP contribution in [-0.4, -0.2) is 58.9 Å². The molecule has 0 bridgehead atoms. The van der Waals surface area contributed by atoms with Crippen molar-refractivity contribution in [2.75, 3.05) is 35.6 Å². The van der Waals surface area contributed by atoms with Crippen LogP contribution in [-0.2, 0) is 6.54 Å². The van der Waals surface area contributed by atoms with Crippen molar-refractivity contribution in [3.05, 3.63) is 54.1 Å². The highest BCUT2D eigenvalue weighted by Crippen LogP contribution is 2.40. The number of nitrogens with two attached hydrogens (primary N) is 1. The van der Waals surface area contributed by atoms with E-state index in [1.807, 2.05) is 18.2 Å². The van der Waals surface area contributed by atoms with Gasteiger partial charge in [0.05, 0.1) is 22.7 Å². The highest BCUT2D eigenvalue weighted by Gasteiger charge is 2.24. The lowest BCUT2D eigenvalue weighted by Crippen LogP contribution is -2.37. The molecule has 0 unspecified atom stereocenters. The number of nitrogens with zero attached hydrogens (tertiary/aromatic N) is 4. The molecule has 0 atom stereocenters. The summed E-state index contributed by atoms with van der Waals surface area (Å²) in [5.41, 5.74) is 7.27. The van der Waals surface area contributed by atoms with E-state index in [0.29, 0.717) is 42.8 Å². The van der Waals surface area contributed by atoms with Crippen LogP contribution >= 0.6 is 10.6 Å². The molecule has 1 amide bonds. The smallest absolute Gasteiger partial charge is 0.293 e. The van der Waals surface area contributed by atoms with E-state index >= 15 is 0 Å². The van der Waals surface area contributed by atoms with E-state index in [1.165, 1.54) is 0 Å². The van der Waals surface area contributed by atoms with E-state index in [2.05, 4.69) is 20.2 Å². The fourth-order valence-corrected chi connectivity index (χ4v) is 4.51. The summed E-state index contributed by atoms with van der Waals surface area (Å²) in [6.45, 7) is 1.71. The van der Waals surface area contributed by atoms with E-state index < -0.39 is 10.6 Å². The van der Waals surface area contributed by atoms with Crippen molar-refractivity contribution in [1.82, 2.24) is 19.3 Å². The van der Waals surface area contributed by atoms with Crippen molar-refractivity contribution in [2.45, 2.75) is 6.54 Å². The number of nitrogen functional groups attached to an aromatic ring is 1. The van der Waals surface area contributed by atoms with Gasteiger partial charge >= 0.3 is 0 Å². The third kappa shape index (κ3) is 3.94. The maximum Gasteiger partial charge on any atom is 0.293 e. The second-order valence-corrected chi connectivity index (χ2v) is 9.15. The van der Waals surface area contributed by atoms with Gasteiger partial charge in [0.2, 0.25) is 5.82 Å². The molecule has 4 heterocycles.